The van der Waals surface area contributed by atoms with E-state index in [4.69, 9.17) is 0 Å². The van der Waals surface area contributed by atoms with Crippen molar-refractivity contribution in [2.45, 2.75) is 38.4 Å². The molecule has 0 spiro atoms. The van der Waals surface area contributed by atoms with Crippen molar-refractivity contribution in [3.05, 3.63) is 68.8 Å². The van der Waals surface area contributed by atoms with Gasteiger partial charge < -0.3 is 9.67 Å². The number of aromatic nitrogens is 1. The molecule has 1 saturated carbocycles. The molecule has 3 aromatic rings. The van der Waals surface area contributed by atoms with Crippen LogP contribution in [0.2, 0.25) is 0 Å². The summed E-state index contributed by atoms with van der Waals surface area (Å²) in [4.78, 5) is 26.3. The number of nitrogens with zero attached hydrogens (tertiary/aromatic N) is 2. The minimum absolute atomic E-state index is 0.0819. The third-order valence-electron chi connectivity index (χ3n) is 6.07. The Balaban J connectivity index is 1.86. The molecule has 2 heterocycles. The van der Waals surface area contributed by atoms with E-state index in [1.807, 2.05) is 13.1 Å². The summed E-state index contributed by atoms with van der Waals surface area (Å²) in [7, 11) is 1.94. The molecule has 2 aromatic carbocycles. The van der Waals surface area contributed by atoms with Crippen LogP contribution >= 0.6 is 0 Å². The number of carboxylic acids is 1. The Morgan fingerprint density at radius 3 is 2.52 bits per heavy atom. The summed E-state index contributed by atoms with van der Waals surface area (Å²) in [6.45, 7) is 1.37. The van der Waals surface area contributed by atoms with Gasteiger partial charge in [0.25, 0.3) is 6.43 Å². The molecule has 5 rings (SSSR count). The van der Waals surface area contributed by atoms with Gasteiger partial charge in [0.05, 0.1) is 16.5 Å². The van der Waals surface area contributed by atoms with E-state index in [-0.39, 0.29) is 22.5 Å². The van der Waals surface area contributed by atoms with Gasteiger partial charge in [0, 0.05) is 30.9 Å². The third-order valence-corrected chi connectivity index (χ3v) is 6.07. The minimum Gasteiger partial charge on any atom is -0.477 e. The monoisotopic (exact) mass is 428 g/mol. The fourth-order valence-corrected chi connectivity index (χ4v) is 4.54. The van der Waals surface area contributed by atoms with Crippen LogP contribution in [0.25, 0.3) is 22.0 Å². The van der Waals surface area contributed by atoms with Crippen molar-refractivity contribution in [2.24, 2.45) is 0 Å². The van der Waals surface area contributed by atoms with Crippen molar-refractivity contribution >= 4 is 16.9 Å². The summed E-state index contributed by atoms with van der Waals surface area (Å²) in [6, 6.07) is 5.88. The maximum Gasteiger partial charge on any atom is 0.341 e. The van der Waals surface area contributed by atoms with Crippen molar-refractivity contribution in [3.63, 3.8) is 0 Å². The predicted octanol–water partition coefficient (Wildman–Crippen LogP) is 4.72. The Kier molecular flexibility index (Phi) is 4.44. The first-order valence-corrected chi connectivity index (χ1v) is 9.99. The number of fused-ring (bicyclic) bond motifs is 2. The van der Waals surface area contributed by atoms with Crippen LogP contribution in [0.4, 0.5) is 13.2 Å². The van der Waals surface area contributed by atoms with Gasteiger partial charge in [0.1, 0.15) is 11.4 Å². The fraction of sp³-hybridized carbons (Fsp3) is 0.304. The quantitative estimate of drug-likeness (QED) is 0.653. The van der Waals surface area contributed by atoms with Crippen LogP contribution in [0, 0.1) is 5.82 Å². The average Bonchev–Trinajstić information content (AvgIpc) is 3.47. The standard InChI is InChI=1S/C23H19F3N2O3/c1-27-8-12-3-2-11(6-13(12)9-27)18-17(24)7-15-20(19(18)22(25)26)28(14-4-5-14)10-16(21(15)29)23(30)31/h2-3,6-7,10,14,22H,4-5,8-9H2,1H3,(H,30,31). The number of carbonyl (C=O) groups is 1. The van der Waals surface area contributed by atoms with E-state index < -0.39 is 34.8 Å². The zero-order valence-corrected chi connectivity index (χ0v) is 16.7. The summed E-state index contributed by atoms with van der Waals surface area (Å²) in [5, 5.41) is 9.05. The molecule has 1 aliphatic carbocycles. The summed E-state index contributed by atoms with van der Waals surface area (Å²) >= 11 is 0. The third kappa shape index (κ3) is 3.13. The maximum atomic E-state index is 15.3. The summed E-state index contributed by atoms with van der Waals surface area (Å²) < 4.78 is 45.5. The molecule has 1 aliphatic heterocycles. The van der Waals surface area contributed by atoms with Gasteiger partial charge in [0.2, 0.25) is 5.43 Å². The number of pyridine rings is 1. The smallest absolute Gasteiger partial charge is 0.341 e. The molecule has 160 valence electrons. The van der Waals surface area contributed by atoms with Crippen molar-refractivity contribution < 1.29 is 23.1 Å². The molecule has 5 nitrogen and oxygen atoms in total. The molecule has 1 N–H and O–H groups in total. The lowest BCUT2D eigenvalue weighted by molar-refractivity contribution is 0.0695. The van der Waals surface area contributed by atoms with Gasteiger partial charge in [-0.05, 0) is 48.7 Å². The van der Waals surface area contributed by atoms with E-state index >= 15 is 4.39 Å². The summed E-state index contributed by atoms with van der Waals surface area (Å²) in [5.74, 6) is -2.43. The van der Waals surface area contributed by atoms with Crippen LogP contribution in [0.1, 0.15) is 52.4 Å². The first kappa shape index (κ1) is 19.8. The lowest BCUT2D eigenvalue weighted by Crippen LogP contribution is -2.20. The molecule has 31 heavy (non-hydrogen) atoms. The van der Waals surface area contributed by atoms with Crippen molar-refractivity contribution in [1.82, 2.24) is 9.47 Å². The van der Waals surface area contributed by atoms with E-state index in [2.05, 4.69) is 4.90 Å². The molecule has 8 heteroatoms. The van der Waals surface area contributed by atoms with Gasteiger partial charge in [-0.3, -0.25) is 9.69 Å². The van der Waals surface area contributed by atoms with E-state index in [9.17, 15) is 23.5 Å². The molecule has 1 fully saturated rings. The molecule has 0 atom stereocenters. The number of rotatable bonds is 4. The topological polar surface area (TPSA) is 62.5 Å². The Morgan fingerprint density at radius 2 is 1.87 bits per heavy atom. The van der Waals surface area contributed by atoms with Crippen LogP contribution < -0.4 is 5.43 Å². The summed E-state index contributed by atoms with van der Waals surface area (Å²) in [6.07, 6.45) is -0.574. The zero-order valence-electron chi connectivity index (χ0n) is 16.7. The lowest BCUT2D eigenvalue weighted by atomic mass is 9.93. The fourth-order valence-electron chi connectivity index (χ4n) is 4.54. The van der Waals surface area contributed by atoms with Crippen LogP contribution in [0.5, 0.6) is 0 Å². The molecular formula is C23H19F3N2O3. The van der Waals surface area contributed by atoms with Crippen LogP contribution in [-0.2, 0) is 13.1 Å². The van der Waals surface area contributed by atoms with Crippen molar-refractivity contribution in [1.29, 1.82) is 0 Å². The van der Waals surface area contributed by atoms with E-state index in [0.717, 1.165) is 29.9 Å². The highest BCUT2D eigenvalue weighted by molar-refractivity contribution is 5.96. The van der Waals surface area contributed by atoms with Gasteiger partial charge in [-0.15, -0.1) is 0 Å². The maximum absolute atomic E-state index is 15.3. The first-order valence-electron chi connectivity index (χ1n) is 9.99. The van der Waals surface area contributed by atoms with Crippen molar-refractivity contribution in [2.75, 3.05) is 7.05 Å². The number of hydrogen-bond acceptors (Lipinski definition) is 3. The molecule has 2 aliphatic rings. The SMILES string of the molecule is CN1Cc2ccc(-c3c(F)cc4c(=O)c(C(=O)O)cn(C5CC5)c4c3C(F)F)cc2C1. The van der Waals surface area contributed by atoms with E-state index in [0.29, 0.717) is 24.9 Å². The van der Waals surface area contributed by atoms with Gasteiger partial charge >= 0.3 is 5.97 Å². The largest absolute Gasteiger partial charge is 0.477 e. The molecule has 0 radical (unpaired) electrons. The van der Waals surface area contributed by atoms with Crippen LogP contribution in [-0.4, -0.2) is 27.6 Å². The van der Waals surface area contributed by atoms with Gasteiger partial charge in [-0.1, -0.05) is 12.1 Å². The zero-order chi connectivity index (χ0) is 22.0. The van der Waals surface area contributed by atoms with E-state index in [1.54, 1.807) is 12.1 Å². The second kappa shape index (κ2) is 6.95. The van der Waals surface area contributed by atoms with Crippen LogP contribution in [0.3, 0.4) is 0 Å². The Hall–Kier alpha value is -3.13. The van der Waals surface area contributed by atoms with Gasteiger partial charge in [-0.2, -0.15) is 0 Å². The number of carboxylic acid groups (broad SMARTS) is 1. The molecule has 0 amide bonds. The van der Waals surface area contributed by atoms with Crippen LogP contribution in [0.15, 0.2) is 35.3 Å². The number of benzene rings is 2. The lowest BCUT2D eigenvalue weighted by Gasteiger charge is -2.19. The molecule has 0 bridgehead atoms. The number of halogens is 3. The summed E-state index contributed by atoms with van der Waals surface area (Å²) in [5.41, 5.74) is -0.0661. The number of aromatic carboxylic acids is 1. The second-order valence-corrected chi connectivity index (χ2v) is 8.32. The highest BCUT2D eigenvalue weighted by atomic mass is 19.3. The molecule has 0 unspecified atom stereocenters. The van der Waals surface area contributed by atoms with Gasteiger partial charge in [-0.25, -0.2) is 18.0 Å². The Labute approximate surface area is 175 Å². The molecule has 1 aromatic heterocycles. The van der Waals surface area contributed by atoms with Crippen molar-refractivity contribution in [3.8, 4) is 11.1 Å². The van der Waals surface area contributed by atoms with Gasteiger partial charge in [0.15, 0.2) is 0 Å². The Morgan fingerprint density at radius 1 is 1.16 bits per heavy atom. The Bertz CT molecular complexity index is 1310. The highest BCUT2D eigenvalue weighted by Gasteiger charge is 2.32. The first-order chi connectivity index (χ1) is 14.8. The minimum atomic E-state index is -3.05. The highest BCUT2D eigenvalue weighted by Crippen LogP contribution is 2.43. The number of alkyl halides is 2. The molecular weight excluding hydrogens is 409 g/mol. The normalized spacial score (nSPS) is 16.3. The molecule has 0 saturated heterocycles. The second-order valence-electron chi connectivity index (χ2n) is 8.32. The average molecular weight is 428 g/mol. The van der Waals surface area contributed by atoms with E-state index in [1.165, 1.54) is 4.57 Å². The predicted molar refractivity (Wildman–Crippen MR) is 109 cm³/mol. The number of hydrogen-bond donors (Lipinski definition) is 1.